The predicted octanol–water partition coefficient (Wildman–Crippen LogP) is 1.68. The number of ether oxygens (including phenoxy) is 1. The molecule has 0 saturated carbocycles. The van der Waals surface area contributed by atoms with Crippen molar-refractivity contribution in [2.45, 2.75) is 25.8 Å². The minimum Gasteiger partial charge on any atom is -0.481 e. The van der Waals surface area contributed by atoms with E-state index in [2.05, 4.69) is 15.1 Å². The average molecular weight is 230 g/mol. The normalized spacial score (nSPS) is 14.4. The topological polar surface area (TPSA) is 52.8 Å². The van der Waals surface area contributed by atoms with Gasteiger partial charge in [0, 0.05) is 30.8 Å². The van der Waals surface area contributed by atoms with Crippen LogP contribution < -0.4 is 4.74 Å². The lowest BCUT2D eigenvalue weighted by molar-refractivity contribution is 0.398. The molecule has 0 aliphatic carbocycles. The van der Waals surface area contributed by atoms with Gasteiger partial charge in [-0.15, -0.1) is 0 Å². The van der Waals surface area contributed by atoms with Gasteiger partial charge in [0.15, 0.2) is 5.82 Å². The van der Waals surface area contributed by atoms with Crippen LogP contribution >= 0.6 is 0 Å². The first kappa shape index (κ1) is 10.3. The molecule has 1 aliphatic heterocycles. The van der Waals surface area contributed by atoms with Gasteiger partial charge < -0.3 is 4.74 Å². The molecule has 0 N–H and O–H groups in total. The van der Waals surface area contributed by atoms with Crippen molar-refractivity contribution in [3.05, 3.63) is 24.2 Å². The Morgan fingerprint density at radius 2 is 2.29 bits per heavy atom. The molecule has 0 radical (unpaired) electrons. The molecule has 0 bridgehead atoms. The van der Waals surface area contributed by atoms with Gasteiger partial charge in [-0.3, -0.25) is 0 Å². The lowest BCUT2D eigenvalue weighted by atomic mass is 10.2. The quantitative estimate of drug-likeness (QED) is 0.787. The Balaban J connectivity index is 2.00. The van der Waals surface area contributed by atoms with Crippen molar-refractivity contribution in [3.8, 4) is 17.3 Å². The van der Waals surface area contributed by atoms with Gasteiger partial charge in [-0.1, -0.05) is 0 Å². The third kappa shape index (κ3) is 1.88. The fraction of sp³-hybridized carbons (Fsp3) is 0.417. The lowest BCUT2D eigenvalue weighted by Gasteiger charge is -2.09. The molecule has 0 aromatic carbocycles. The molecule has 0 unspecified atom stereocenters. The number of aromatic nitrogens is 4. The zero-order valence-electron chi connectivity index (χ0n) is 9.76. The molecule has 0 saturated heterocycles. The second-order valence-corrected chi connectivity index (χ2v) is 4.12. The molecule has 3 rings (SSSR count). The Morgan fingerprint density at radius 1 is 1.35 bits per heavy atom. The summed E-state index contributed by atoms with van der Waals surface area (Å²) in [5, 5.41) is 4.52. The third-order valence-electron chi connectivity index (χ3n) is 2.97. The minimum absolute atomic E-state index is 0.593. The van der Waals surface area contributed by atoms with Crippen molar-refractivity contribution in [1.29, 1.82) is 0 Å². The largest absolute Gasteiger partial charge is 0.481 e. The molecule has 0 amide bonds. The van der Waals surface area contributed by atoms with E-state index in [4.69, 9.17) is 4.74 Å². The number of aryl methyl sites for hydroxylation is 2. The van der Waals surface area contributed by atoms with Gasteiger partial charge >= 0.3 is 0 Å². The monoisotopic (exact) mass is 230 g/mol. The molecular weight excluding hydrogens is 216 g/mol. The van der Waals surface area contributed by atoms with Gasteiger partial charge in [-0.25, -0.2) is 14.6 Å². The van der Waals surface area contributed by atoms with Crippen molar-refractivity contribution in [2.24, 2.45) is 0 Å². The summed E-state index contributed by atoms with van der Waals surface area (Å²) in [5.41, 5.74) is 0.957. The molecule has 5 heteroatoms. The first-order valence-electron chi connectivity index (χ1n) is 5.81. The van der Waals surface area contributed by atoms with Crippen LogP contribution in [-0.4, -0.2) is 26.9 Å². The van der Waals surface area contributed by atoms with Gasteiger partial charge in [-0.2, -0.15) is 5.10 Å². The highest BCUT2D eigenvalue weighted by Crippen LogP contribution is 2.21. The highest BCUT2D eigenvalue weighted by molar-refractivity contribution is 5.55. The zero-order valence-corrected chi connectivity index (χ0v) is 9.76. The van der Waals surface area contributed by atoms with E-state index in [1.807, 2.05) is 16.8 Å². The van der Waals surface area contributed by atoms with Crippen LogP contribution in [0.2, 0.25) is 0 Å². The minimum atomic E-state index is 0.593. The molecule has 2 aromatic heterocycles. The van der Waals surface area contributed by atoms with E-state index < -0.39 is 0 Å². The van der Waals surface area contributed by atoms with E-state index in [0.29, 0.717) is 5.88 Å². The summed E-state index contributed by atoms with van der Waals surface area (Å²) < 4.78 is 7.11. The van der Waals surface area contributed by atoms with Gasteiger partial charge in [0.2, 0.25) is 5.88 Å². The maximum absolute atomic E-state index is 5.10. The Kier molecular flexibility index (Phi) is 2.51. The maximum atomic E-state index is 5.10. The van der Waals surface area contributed by atoms with E-state index in [1.165, 1.54) is 12.8 Å². The molecular formula is C12H14N4O. The second kappa shape index (κ2) is 4.16. The van der Waals surface area contributed by atoms with Crippen molar-refractivity contribution < 1.29 is 4.74 Å². The Hall–Kier alpha value is -1.91. The highest BCUT2D eigenvalue weighted by Gasteiger charge is 2.15. The average Bonchev–Trinajstić information content (AvgIpc) is 2.82. The SMILES string of the molecule is COc1cc(-c2nc3n(n2)CCCC3)ccn1. The number of rotatable bonds is 2. The van der Waals surface area contributed by atoms with Gasteiger partial charge in [0.25, 0.3) is 0 Å². The van der Waals surface area contributed by atoms with Crippen molar-refractivity contribution >= 4 is 0 Å². The van der Waals surface area contributed by atoms with Gasteiger partial charge in [0.1, 0.15) is 5.82 Å². The van der Waals surface area contributed by atoms with Gasteiger partial charge in [-0.05, 0) is 18.9 Å². The molecule has 0 fully saturated rings. The molecule has 5 nitrogen and oxygen atoms in total. The first-order valence-corrected chi connectivity index (χ1v) is 5.81. The first-order chi connectivity index (χ1) is 8.36. The summed E-state index contributed by atoms with van der Waals surface area (Å²) in [5.74, 6) is 2.44. The summed E-state index contributed by atoms with van der Waals surface area (Å²) in [4.78, 5) is 8.65. The molecule has 1 aliphatic rings. The van der Waals surface area contributed by atoms with E-state index >= 15 is 0 Å². The summed E-state index contributed by atoms with van der Waals surface area (Å²) in [6.07, 6.45) is 5.14. The van der Waals surface area contributed by atoms with Crippen molar-refractivity contribution in [3.63, 3.8) is 0 Å². The molecule has 2 aromatic rings. The third-order valence-corrected chi connectivity index (χ3v) is 2.97. The number of hydrogen-bond donors (Lipinski definition) is 0. The zero-order chi connectivity index (χ0) is 11.7. The van der Waals surface area contributed by atoms with Gasteiger partial charge in [0.05, 0.1) is 7.11 Å². The van der Waals surface area contributed by atoms with Crippen LogP contribution in [0.5, 0.6) is 5.88 Å². The number of pyridine rings is 1. The number of fused-ring (bicyclic) bond motifs is 1. The highest BCUT2D eigenvalue weighted by atomic mass is 16.5. The number of hydrogen-bond acceptors (Lipinski definition) is 4. The molecule has 88 valence electrons. The van der Waals surface area contributed by atoms with Crippen LogP contribution in [0.4, 0.5) is 0 Å². The van der Waals surface area contributed by atoms with Crippen LogP contribution in [0.1, 0.15) is 18.7 Å². The summed E-state index contributed by atoms with van der Waals surface area (Å²) >= 11 is 0. The van der Waals surface area contributed by atoms with E-state index in [9.17, 15) is 0 Å². The standard InChI is InChI=1S/C12H14N4O/c1-17-11-8-9(5-6-13-11)12-14-10-4-2-3-7-16(10)15-12/h5-6,8H,2-4,7H2,1H3. The van der Waals surface area contributed by atoms with Crippen LogP contribution in [0.3, 0.4) is 0 Å². The molecule has 0 spiro atoms. The van der Waals surface area contributed by atoms with Crippen LogP contribution in [-0.2, 0) is 13.0 Å². The fourth-order valence-corrected chi connectivity index (χ4v) is 2.07. The lowest BCUT2D eigenvalue weighted by Crippen LogP contribution is -2.11. The fourth-order valence-electron chi connectivity index (χ4n) is 2.07. The Labute approximate surface area is 99.5 Å². The number of nitrogens with zero attached hydrogens (tertiary/aromatic N) is 4. The van der Waals surface area contributed by atoms with Crippen molar-refractivity contribution in [2.75, 3.05) is 7.11 Å². The van der Waals surface area contributed by atoms with Crippen LogP contribution in [0.15, 0.2) is 18.3 Å². The maximum Gasteiger partial charge on any atom is 0.213 e. The van der Waals surface area contributed by atoms with Crippen LogP contribution in [0, 0.1) is 0 Å². The molecule has 17 heavy (non-hydrogen) atoms. The summed E-state index contributed by atoms with van der Waals surface area (Å²) in [6, 6.07) is 3.77. The Bertz CT molecular complexity index is 512. The molecule has 3 heterocycles. The van der Waals surface area contributed by atoms with E-state index in [0.717, 1.165) is 30.2 Å². The van der Waals surface area contributed by atoms with E-state index in [-0.39, 0.29) is 0 Å². The number of methoxy groups -OCH3 is 1. The smallest absolute Gasteiger partial charge is 0.213 e. The summed E-state index contributed by atoms with van der Waals surface area (Å²) in [6.45, 7) is 0.977. The molecule has 0 atom stereocenters. The predicted molar refractivity (Wildman–Crippen MR) is 62.7 cm³/mol. The van der Waals surface area contributed by atoms with E-state index in [1.54, 1.807) is 13.3 Å². The van der Waals surface area contributed by atoms with Crippen LogP contribution in [0.25, 0.3) is 11.4 Å². The Morgan fingerprint density at radius 3 is 3.12 bits per heavy atom. The second-order valence-electron chi connectivity index (χ2n) is 4.12. The summed E-state index contributed by atoms with van der Waals surface area (Å²) in [7, 11) is 1.61. The van der Waals surface area contributed by atoms with Crippen molar-refractivity contribution in [1.82, 2.24) is 19.7 Å².